The summed E-state index contributed by atoms with van der Waals surface area (Å²) in [5, 5.41) is 14.3. The molecule has 1 unspecified atom stereocenters. The zero-order valence-electron chi connectivity index (χ0n) is 10.1. The van der Waals surface area contributed by atoms with Crippen LogP contribution in [0.2, 0.25) is 0 Å². The van der Waals surface area contributed by atoms with Crippen LogP contribution in [0.1, 0.15) is 6.92 Å². The Bertz CT molecular complexity index is 432. The van der Waals surface area contributed by atoms with Gasteiger partial charge in [-0.1, -0.05) is 12.1 Å². The fourth-order valence-corrected chi connectivity index (χ4v) is 1.25. The van der Waals surface area contributed by atoms with E-state index in [1.165, 1.54) is 24.3 Å². The second kappa shape index (κ2) is 6.17. The highest BCUT2D eigenvalue weighted by Crippen LogP contribution is 2.23. The molecule has 0 aromatic heterocycles. The molecule has 0 spiro atoms. The predicted octanol–water partition coefficient (Wildman–Crippen LogP) is 2.38. The van der Waals surface area contributed by atoms with Gasteiger partial charge in [0.1, 0.15) is 11.6 Å². The molecule has 1 aromatic rings. The first-order valence-electron chi connectivity index (χ1n) is 5.39. The van der Waals surface area contributed by atoms with Gasteiger partial charge in [-0.25, -0.2) is 0 Å². The van der Waals surface area contributed by atoms with Gasteiger partial charge in [0.2, 0.25) is 0 Å². The third kappa shape index (κ3) is 5.36. The monoisotopic (exact) mass is 277 g/mol. The number of alkyl halides is 3. The summed E-state index contributed by atoms with van der Waals surface area (Å²) in [5.41, 5.74) is 5.99. The van der Waals surface area contributed by atoms with E-state index in [1.54, 1.807) is 6.92 Å². The quantitative estimate of drug-likeness (QED) is 0.334. The minimum absolute atomic E-state index is 0.0736. The van der Waals surface area contributed by atoms with Crippen molar-refractivity contribution in [2.75, 3.05) is 11.9 Å². The van der Waals surface area contributed by atoms with Gasteiger partial charge in [0.15, 0.2) is 0 Å². The van der Waals surface area contributed by atoms with E-state index in [0.717, 1.165) is 0 Å². The maximum absolute atomic E-state index is 11.9. The van der Waals surface area contributed by atoms with E-state index in [0.29, 0.717) is 12.2 Å². The first kappa shape index (κ1) is 14.9. The van der Waals surface area contributed by atoms with Crippen LogP contribution < -0.4 is 15.8 Å². The molecule has 0 aliphatic carbocycles. The van der Waals surface area contributed by atoms with Gasteiger partial charge in [-0.3, -0.25) is 0 Å². The van der Waals surface area contributed by atoms with Crippen LogP contribution in [-0.4, -0.2) is 23.9 Å². The molecule has 0 radical (unpaired) electrons. The molecular formula is C11H14F3N3O2. The van der Waals surface area contributed by atoms with Crippen LogP contribution >= 0.6 is 0 Å². The summed E-state index contributed by atoms with van der Waals surface area (Å²) < 4.78 is 39.5. The number of anilines is 1. The lowest BCUT2D eigenvalue weighted by Crippen LogP contribution is -2.27. The number of nitrogens with zero attached hydrogens (tertiary/aromatic N) is 1. The number of oxime groups is 1. The molecule has 0 aliphatic heterocycles. The number of ether oxygens (including phenoxy) is 1. The summed E-state index contributed by atoms with van der Waals surface area (Å²) in [6.45, 7) is 2.12. The Morgan fingerprint density at radius 3 is 2.47 bits per heavy atom. The van der Waals surface area contributed by atoms with Crippen LogP contribution in [-0.2, 0) is 0 Å². The summed E-state index contributed by atoms with van der Waals surface area (Å²) in [6, 6.07) is 5.29. The van der Waals surface area contributed by atoms with E-state index in [2.05, 4.69) is 15.2 Å². The van der Waals surface area contributed by atoms with Crippen molar-refractivity contribution in [2.24, 2.45) is 16.8 Å². The third-order valence-electron chi connectivity index (χ3n) is 2.32. The Hall–Kier alpha value is -2.12. The standard InChI is InChI=1S/C11H14F3N3O2/c1-7(10(15)17-18)6-16-8-2-4-9(5-3-8)19-11(12,13)14/h2-5,7,16,18H,6H2,1H3,(H2,15,17). The molecule has 1 rings (SSSR count). The molecule has 1 atom stereocenters. The number of nitrogens with one attached hydrogen (secondary N) is 1. The van der Waals surface area contributed by atoms with E-state index >= 15 is 0 Å². The number of hydrogen-bond donors (Lipinski definition) is 3. The molecule has 106 valence electrons. The second-order valence-electron chi connectivity index (χ2n) is 3.88. The number of rotatable bonds is 5. The highest BCUT2D eigenvalue weighted by molar-refractivity contribution is 5.82. The van der Waals surface area contributed by atoms with Crippen molar-refractivity contribution in [2.45, 2.75) is 13.3 Å². The van der Waals surface area contributed by atoms with Crippen molar-refractivity contribution in [1.82, 2.24) is 0 Å². The summed E-state index contributed by atoms with van der Waals surface area (Å²) in [7, 11) is 0. The van der Waals surface area contributed by atoms with E-state index in [1.807, 2.05) is 0 Å². The molecule has 0 fully saturated rings. The van der Waals surface area contributed by atoms with Gasteiger partial charge in [0, 0.05) is 18.2 Å². The molecule has 8 heteroatoms. The average molecular weight is 277 g/mol. The fraction of sp³-hybridized carbons (Fsp3) is 0.364. The summed E-state index contributed by atoms with van der Waals surface area (Å²) in [6.07, 6.45) is -4.70. The molecule has 0 amide bonds. The van der Waals surface area contributed by atoms with Gasteiger partial charge in [-0.15, -0.1) is 13.2 Å². The maximum atomic E-state index is 11.9. The topological polar surface area (TPSA) is 79.9 Å². The van der Waals surface area contributed by atoms with Gasteiger partial charge in [-0.2, -0.15) is 0 Å². The van der Waals surface area contributed by atoms with Crippen molar-refractivity contribution in [3.8, 4) is 5.75 Å². The summed E-state index contributed by atoms with van der Waals surface area (Å²) in [5.74, 6) is -0.428. The van der Waals surface area contributed by atoms with Crippen molar-refractivity contribution in [3.63, 3.8) is 0 Å². The molecule has 0 aliphatic rings. The maximum Gasteiger partial charge on any atom is 0.573 e. The number of benzene rings is 1. The zero-order valence-corrected chi connectivity index (χ0v) is 10.1. The molecule has 19 heavy (non-hydrogen) atoms. The third-order valence-corrected chi connectivity index (χ3v) is 2.32. The zero-order chi connectivity index (χ0) is 14.5. The minimum atomic E-state index is -4.70. The van der Waals surface area contributed by atoms with Crippen LogP contribution in [0.4, 0.5) is 18.9 Å². The Morgan fingerprint density at radius 1 is 1.42 bits per heavy atom. The van der Waals surface area contributed by atoms with Crippen molar-refractivity contribution in [1.29, 1.82) is 0 Å². The molecule has 0 heterocycles. The van der Waals surface area contributed by atoms with Crippen LogP contribution in [0.25, 0.3) is 0 Å². The lowest BCUT2D eigenvalue weighted by molar-refractivity contribution is -0.274. The van der Waals surface area contributed by atoms with Gasteiger partial charge in [-0.05, 0) is 24.3 Å². The SMILES string of the molecule is CC(CNc1ccc(OC(F)(F)F)cc1)C(N)=NO. The van der Waals surface area contributed by atoms with Gasteiger partial charge in [0.05, 0.1) is 0 Å². The Morgan fingerprint density at radius 2 is 2.00 bits per heavy atom. The summed E-state index contributed by atoms with van der Waals surface area (Å²) in [4.78, 5) is 0. The largest absolute Gasteiger partial charge is 0.573 e. The first-order valence-corrected chi connectivity index (χ1v) is 5.39. The first-order chi connectivity index (χ1) is 8.81. The molecule has 0 bridgehead atoms. The lowest BCUT2D eigenvalue weighted by atomic mass is 10.1. The van der Waals surface area contributed by atoms with Crippen LogP contribution in [0.3, 0.4) is 0 Å². The number of amidine groups is 1. The van der Waals surface area contributed by atoms with Crippen molar-refractivity contribution in [3.05, 3.63) is 24.3 Å². The van der Waals surface area contributed by atoms with Gasteiger partial charge >= 0.3 is 6.36 Å². The van der Waals surface area contributed by atoms with E-state index in [4.69, 9.17) is 10.9 Å². The van der Waals surface area contributed by atoms with E-state index in [-0.39, 0.29) is 17.5 Å². The van der Waals surface area contributed by atoms with E-state index < -0.39 is 6.36 Å². The molecular weight excluding hydrogens is 263 g/mol. The van der Waals surface area contributed by atoms with Crippen molar-refractivity contribution >= 4 is 11.5 Å². The number of hydrogen-bond acceptors (Lipinski definition) is 4. The Kier molecular flexibility index (Phi) is 4.85. The summed E-state index contributed by atoms with van der Waals surface area (Å²) >= 11 is 0. The second-order valence-corrected chi connectivity index (χ2v) is 3.88. The fourth-order valence-electron chi connectivity index (χ4n) is 1.25. The number of nitrogens with two attached hydrogens (primary N) is 1. The highest BCUT2D eigenvalue weighted by Gasteiger charge is 2.30. The lowest BCUT2D eigenvalue weighted by Gasteiger charge is -2.13. The molecule has 1 aromatic carbocycles. The normalized spacial score (nSPS) is 14.0. The van der Waals surface area contributed by atoms with E-state index in [9.17, 15) is 13.2 Å². The van der Waals surface area contributed by atoms with Crippen LogP contribution in [0.5, 0.6) is 5.75 Å². The van der Waals surface area contributed by atoms with Crippen LogP contribution in [0, 0.1) is 5.92 Å². The Balaban J connectivity index is 2.53. The predicted molar refractivity (Wildman–Crippen MR) is 64.2 cm³/mol. The van der Waals surface area contributed by atoms with Crippen molar-refractivity contribution < 1.29 is 23.1 Å². The molecule has 0 saturated heterocycles. The molecule has 5 nitrogen and oxygen atoms in total. The number of halogens is 3. The van der Waals surface area contributed by atoms with Gasteiger partial charge in [0.25, 0.3) is 0 Å². The molecule has 4 N–H and O–H groups in total. The Labute approximate surface area is 107 Å². The smallest absolute Gasteiger partial charge is 0.409 e. The molecule has 0 saturated carbocycles. The highest BCUT2D eigenvalue weighted by atomic mass is 19.4. The van der Waals surface area contributed by atoms with Gasteiger partial charge < -0.3 is 21.0 Å². The minimum Gasteiger partial charge on any atom is -0.409 e. The van der Waals surface area contributed by atoms with Crippen LogP contribution in [0.15, 0.2) is 29.4 Å². The average Bonchev–Trinajstić information content (AvgIpc) is 2.34.